The van der Waals surface area contributed by atoms with Gasteiger partial charge < -0.3 is 14.7 Å². The Morgan fingerprint density at radius 3 is 2.09 bits per heavy atom. The summed E-state index contributed by atoms with van der Waals surface area (Å²) in [6, 6.07) is 21.0. The van der Waals surface area contributed by atoms with Crippen LogP contribution in [-0.4, -0.2) is 28.8 Å². The molecule has 3 aromatic rings. The van der Waals surface area contributed by atoms with Crippen LogP contribution in [0.5, 0.6) is 5.75 Å². The number of halogens is 1. The van der Waals surface area contributed by atoms with Crippen LogP contribution in [0.2, 0.25) is 5.02 Å². The van der Waals surface area contributed by atoms with E-state index in [1.54, 1.807) is 31.4 Å². The van der Waals surface area contributed by atoms with Crippen molar-refractivity contribution in [2.24, 2.45) is 0 Å². The van der Waals surface area contributed by atoms with E-state index in [2.05, 4.69) is 20.8 Å². The number of Topliss-reactive ketones (excluding diaryl/α,β-unsaturated/α-hetero) is 1. The molecule has 1 aliphatic rings. The van der Waals surface area contributed by atoms with Gasteiger partial charge in [-0.1, -0.05) is 68.8 Å². The van der Waals surface area contributed by atoms with Gasteiger partial charge in [0, 0.05) is 17.1 Å². The van der Waals surface area contributed by atoms with Crippen LogP contribution in [0, 0.1) is 0 Å². The minimum absolute atomic E-state index is 0.0489. The number of carbonyl (C=O) groups excluding carboxylic acids is 2. The molecule has 0 bridgehead atoms. The average molecular weight is 490 g/mol. The van der Waals surface area contributed by atoms with Gasteiger partial charge in [-0.3, -0.25) is 9.59 Å². The molecule has 5 nitrogen and oxygen atoms in total. The largest absolute Gasteiger partial charge is 0.507 e. The standard InChI is InChI=1S/C29H28ClNO4/c1-29(2,3)21-11-7-19(8-12-21)25-24(26(32)20-9-13-22(30)14-10-20)27(33)28(34)31(25)17-18-5-15-23(35-4)16-6-18/h5-16,25,32H,17H2,1-4H3/b26-24-. The number of hydrogen-bond acceptors (Lipinski definition) is 4. The first kappa shape index (κ1) is 24.6. The van der Waals surface area contributed by atoms with Gasteiger partial charge >= 0.3 is 0 Å². The molecule has 1 atom stereocenters. The van der Waals surface area contributed by atoms with Crippen LogP contribution in [0.4, 0.5) is 0 Å². The zero-order valence-corrected chi connectivity index (χ0v) is 21.0. The fourth-order valence-corrected chi connectivity index (χ4v) is 4.37. The molecule has 1 saturated heterocycles. The Hall–Kier alpha value is -3.57. The van der Waals surface area contributed by atoms with Crippen LogP contribution >= 0.6 is 11.6 Å². The molecule has 0 spiro atoms. The predicted octanol–water partition coefficient (Wildman–Crippen LogP) is 6.27. The van der Waals surface area contributed by atoms with Crippen LogP contribution in [0.3, 0.4) is 0 Å². The van der Waals surface area contributed by atoms with Gasteiger partial charge in [0.1, 0.15) is 11.5 Å². The lowest BCUT2D eigenvalue weighted by Gasteiger charge is -2.26. The fraction of sp³-hybridized carbons (Fsp3) is 0.241. The summed E-state index contributed by atoms with van der Waals surface area (Å²) in [5, 5.41) is 11.7. The second-order valence-electron chi connectivity index (χ2n) is 9.65. The van der Waals surface area contributed by atoms with Gasteiger partial charge in [-0.25, -0.2) is 0 Å². The maximum Gasteiger partial charge on any atom is 0.295 e. The number of likely N-dealkylation sites (tertiary alicyclic amines) is 1. The van der Waals surface area contributed by atoms with Crippen LogP contribution in [0.15, 0.2) is 78.4 Å². The number of amides is 1. The van der Waals surface area contributed by atoms with Crippen molar-refractivity contribution in [2.75, 3.05) is 7.11 Å². The Balaban J connectivity index is 1.82. The van der Waals surface area contributed by atoms with Gasteiger partial charge in [-0.2, -0.15) is 0 Å². The number of nitrogens with zero attached hydrogens (tertiary/aromatic N) is 1. The Morgan fingerprint density at radius 2 is 1.54 bits per heavy atom. The van der Waals surface area contributed by atoms with Crippen molar-refractivity contribution in [3.8, 4) is 5.75 Å². The smallest absolute Gasteiger partial charge is 0.295 e. The summed E-state index contributed by atoms with van der Waals surface area (Å²) in [7, 11) is 1.59. The summed E-state index contributed by atoms with van der Waals surface area (Å²) in [5.74, 6) is -0.882. The highest BCUT2D eigenvalue weighted by atomic mass is 35.5. The van der Waals surface area contributed by atoms with Gasteiger partial charge in [0.25, 0.3) is 11.7 Å². The highest BCUT2D eigenvalue weighted by molar-refractivity contribution is 6.46. The molecule has 35 heavy (non-hydrogen) atoms. The number of rotatable bonds is 5. The van der Waals surface area contributed by atoms with E-state index in [9.17, 15) is 14.7 Å². The molecule has 1 fully saturated rings. The second-order valence-corrected chi connectivity index (χ2v) is 10.1. The third-order valence-corrected chi connectivity index (χ3v) is 6.51. The molecule has 0 radical (unpaired) electrons. The van der Waals surface area contributed by atoms with Crippen LogP contribution in [0.1, 0.15) is 49.1 Å². The summed E-state index contributed by atoms with van der Waals surface area (Å²) in [5.41, 5.74) is 3.16. The summed E-state index contributed by atoms with van der Waals surface area (Å²) in [6.45, 7) is 6.58. The second kappa shape index (κ2) is 9.59. The van der Waals surface area contributed by atoms with E-state index in [-0.39, 0.29) is 23.3 Å². The van der Waals surface area contributed by atoms with Gasteiger partial charge in [-0.15, -0.1) is 0 Å². The molecule has 1 aliphatic heterocycles. The van der Waals surface area contributed by atoms with Crippen molar-refractivity contribution in [2.45, 2.75) is 38.8 Å². The first-order valence-electron chi connectivity index (χ1n) is 11.4. The summed E-state index contributed by atoms with van der Waals surface area (Å²) in [6.07, 6.45) is 0. The van der Waals surface area contributed by atoms with E-state index in [1.165, 1.54) is 4.90 Å². The third kappa shape index (κ3) is 4.96. The fourth-order valence-electron chi connectivity index (χ4n) is 4.25. The number of ether oxygens (including phenoxy) is 1. The zero-order chi connectivity index (χ0) is 25.3. The van der Waals surface area contributed by atoms with Crippen molar-refractivity contribution < 1.29 is 19.4 Å². The first-order chi connectivity index (χ1) is 16.6. The Bertz CT molecular complexity index is 1270. The van der Waals surface area contributed by atoms with E-state index in [0.717, 1.165) is 16.7 Å². The number of carbonyl (C=O) groups is 2. The maximum atomic E-state index is 13.2. The predicted molar refractivity (Wildman–Crippen MR) is 137 cm³/mol. The molecule has 1 N–H and O–H groups in total. The molecular weight excluding hydrogens is 462 g/mol. The SMILES string of the molecule is COc1ccc(CN2C(=O)C(=O)/C(=C(\O)c3ccc(Cl)cc3)C2c2ccc(C(C)(C)C)cc2)cc1. The molecule has 1 heterocycles. The van der Waals surface area contributed by atoms with Crippen molar-refractivity contribution in [3.05, 3.63) is 106 Å². The highest BCUT2D eigenvalue weighted by Gasteiger charge is 2.46. The molecule has 1 amide bonds. The summed E-state index contributed by atoms with van der Waals surface area (Å²) < 4.78 is 5.23. The minimum Gasteiger partial charge on any atom is -0.507 e. The quantitative estimate of drug-likeness (QED) is 0.260. The first-order valence-corrected chi connectivity index (χ1v) is 11.8. The van der Waals surface area contributed by atoms with Crippen molar-refractivity contribution >= 4 is 29.1 Å². The molecule has 4 rings (SSSR count). The Labute approximate surface area is 210 Å². The minimum atomic E-state index is -0.734. The third-order valence-electron chi connectivity index (χ3n) is 6.26. The molecule has 0 aromatic heterocycles. The normalized spacial score (nSPS) is 17.6. The zero-order valence-electron chi connectivity index (χ0n) is 20.2. The van der Waals surface area contributed by atoms with Crippen LogP contribution in [-0.2, 0) is 21.5 Å². The lowest BCUT2D eigenvalue weighted by atomic mass is 9.85. The number of aliphatic hydroxyl groups excluding tert-OH is 1. The maximum absolute atomic E-state index is 13.2. The molecule has 3 aromatic carbocycles. The van der Waals surface area contributed by atoms with E-state index in [0.29, 0.717) is 16.3 Å². The van der Waals surface area contributed by atoms with Crippen LogP contribution < -0.4 is 4.74 Å². The molecular formula is C29H28ClNO4. The van der Waals surface area contributed by atoms with E-state index in [4.69, 9.17) is 16.3 Å². The van der Waals surface area contributed by atoms with Gasteiger partial charge in [0.05, 0.1) is 18.7 Å². The Kier molecular flexibility index (Phi) is 6.73. The van der Waals surface area contributed by atoms with Crippen molar-refractivity contribution in [1.29, 1.82) is 0 Å². The van der Waals surface area contributed by atoms with E-state index in [1.807, 2.05) is 48.5 Å². The molecule has 6 heteroatoms. The summed E-state index contributed by atoms with van der Waals surface area (Å²) in [4.78, 5) is 28.0. The van der Waals surface area contributed by atoms with Crippen molar-refractivity contribution in [3.63, 3.8) is 0 Å². The Morgan fingerprint density at radius 1 is 0.943 bits per heavy atom. The number of benzene rings is 3. The lowest BCUT2D eigenvalue weighted by Crippen LogP contribution is -2.29. The van der Waals surface area contributed by atoms with Gasteiger partial charge in [0.15, 0.2) is 0 Å². The summed E-state index contributed by atoms with van der Waals surface area (Å²) >= 11 is 6.00. The molecule has 180 valence electrons. The number of aliphatic hydroxyl groups is 1. The molecule has 0 saturated carbocycles. The monoisotopic (exact) mass is 489 g/mol. The number of hydrogen-bond donors (Lipinski definition) is 1. The number of methoxy groups -OCH3 is 1. The van der Waals surface area contributed by atoms with E-state index >= 15 is 0 Å². The van der Waals surface area contributed by atoms with Gasteiger partial charge in [0.2, 0.25) is 0 Å². The van der Waals surface area contributed by atoms with E-state index < -0.39 is 17.7 Å². The lowest BCUT2D eigenvalue weighted by molar-refractivity contribution is -0.140. The number of ketones is 1. The van der Waals surface area contributed by atoms with Crippen molar-refractivity contribution in [1.82, 2.24) is 4.90 Å². The van der Waals surface area contributed by atoms with Crippen LogP contribution in [0.25, 0.3) is 5.76 Å². The topological polar surface area (TPSA) is 66.8 Å². The van der Waals surface area contributed by atoms with Gasteiger partial charge in [-0.05, 0) is 58.5 Å². The highest BCUT2D eigenvalue weighted by Crippen LogP contribution is 2.41. The molecule has 1 unspecified atom stereocenters. The average Bonchev–Trinajstić information content (AvgIpc) is 3.09. The molecule has 0 aliphatic carbocycles.